The summed E-state index contributed by atoms with van der Waals surface area (Å²) in [4.78, 5) is 6.81. The van der Waals surface area contributed by atoms with Gasteiger partial charge in [-0.1, -0.05) is 13.8 Å². The molecular formula is C7H14N2S. The molecule has 0 aromatic carbocycles. The van der Waals surface area contributed by atoms with E-state index in [0.717, 1.165) is 12.2 Å². The van der Waals surface area contributed by atoms with Crippen molar-refractivity contribution in [3.05, 3.63) is 18.2 Å². The summed E-state index contributed by atoms with van der Waals surface area (Å²) in [7, 11) is 0. The van der Waals surface area contributed by atoms with Crippen LogP contribution in [0.4, 0.5) is 0 Å². The van der Waals surface area contributed by atoms with Gasteiger partial charge in [0, 0.05) is 11.9 Å². The Morgan fingerprint density at radius 3 is 2.40 bits per heavy atom. The van der Waals surface area contributed by atoms with Crippen molar-refractivity contribution in [3.8, 4) is 0 Å². The molecule has 10 heavy (non-hydrogen) atoms. The van der Waals surface area contributed by atoms with Gasteiger partial charge in [0.2, 0.25) is 0 Å². The molecule has 1 aromatic heterocycles. The molecule has 0 fully saturated rings. The van der Waals surface area contributed by atoms with Crippen molar-refractivity contribution in [1.82, 2.24) is 9.97 Å². The summed E-state index contributed by atoms with van der Waals surface area (Å²) >= 11 is 3.79. The van der Waals surface area contributed by atoms with E-state index in [1.54, 1.807) is 6.33 Å². The molecule has 0 amide bonds. The molecule has 0 saturated carbocycles. The Bertz CT molecular complexity index is 137. The predicted molar refractivity (Wildman–Crippen MR) is 47.5 cm³/mol. The summed E-state index contributed by atoms with van der Waals surface area (Å²) in [6, 6.07) is 0. The molecule has 3 heteroatoms. The number of aryl methyl sites for hydroxylation is 1. The molecule has 0 unspecified atom stereocenters. The van der Waals surface area contributed by atoms with Gasteiger partial charge in [-0.15, -0.1) is 0 Å². The van der Waals surface area contributed by atoms with Crippen LogP contribution in [0.3, 0.4) is 0 Å². The lowest BCUT2D eigenvalue weighted by molar-refractivity contribution is 1.06. The van der Waals surface area contributed by atoms with Crippen LogP contribution in [-0.4, -0.2) is 15.7 Å². The second kappa shape index (κ2) is 6.68. The van der Waals surface area contributed by atoms with Crippen molar-refractivity contribution in [2.45, 2.75) is 20.3 Å². The standard InChI is InChI=1S/C5H8N2.C2H6S/c1-2-5-3-6-4-7-5;1-2-3/h3-4H,2H2,1H3,(H,6,7);3H,2H2,1H3. The van der Waals surface area contributed by atoms with Crippen molar-refractivity contribution in [1.29, 1.82) is 0 Å². The zero-order chi connectivity index (χ0) is 7.82. The number of H-pyrrole nitrogens is 1. The number of imidazole rings is 1. The van der Waals surface area contributed by atoms with Gasteiger partial charge in [-0.05, 0) is 12.2 Å². The molecule has 0 saturated heterocycles. The van der Waals surface area contributed by atoms with E-state index in [1.807, 2.05) is 13.1 Å². The highest BCUT2D eigenvalue weighted by Gasteiger charge is 1.82. The van der Waals surface area contributed by atoms with Gasteiger partial charge < -0.3 is 4.98 Å². The fraction of sp³-hybridized carbons (Fsp3) is 0.571. The van der Waals surface area contributed by atoms with Crippen LogP contribution in [0.1, 0.15) is 19.5 Å². The molecule has 0 aliphatic heterocycles. The molecule has 1 heterocycles. The smallest absolute Gasteiger partial charge is 0.0921 e. The van der Waals surface area contributed by atoms with Crippen LogP contribution in [-0.2, 0) is 6.42 Å². The second-order valence-corrected chi connectivity index (χ2v) is 2.38. The van der Waals surface area contributed by atoms with E-state index in [9.17, 15) is 0 Å². The number of nitrogens with zero attached hydrogens (tertiary/aromatic N) is 1. The molecular weight excluding hydrogens is 144 g/mol. The highest BCUT2D eigenvalue weighted by Crippen LogP contribution is 1.88. The fourth-order valence-electron chi connectivity index (χ4n) is 0.478. The van der Waals surface area contributed by atoms with E-state index in [1.165, 1.54) is 5.69 Å². The first kappa shape index (κ1) is 9.56. The van der Waals surface area contributed by atoms with Gasteiger partial charge in [0.1, 0.15) is 0 Å². The summed E-state index contributed by atoms with van der Waals surface area (Å²) in [5.41, 5.74) is 1.19. The lowest BCUT2D eigenvalue weighted by Gasteiger charge is -1.79. The monoisotopic (exact) mass is 158 g/mol. The van der Waals surface area contributed by atoms with Crippen LogP contribution in [0.15, 0.2) is 12.5 Å². The van der Waals surface area contributed by atoms with Crippen molar-refractivity contribution in [2.75, 3.05) is 5.75 Å². The van der Waals surface area contributed by atoms with Crippen molar-refractivity contribution in [3.63, 3.8) is 0 Å². The van der Waals surface area contributed by atoms with Crippen LogP contribution in [0.25, 0.3) is 0 Å². The Hall–Kier alpha value is -0.440. The van der Waals surface area contributed by atoms with Gasteiger partial charge in [-0.2, -0.15) is 12.6 Å². The minimum Gasteiger partial charge on any atom is -0.349 e. The van der Waals surface area contributed by atoms with E-state index >= 15 is 0 Å². The van der Waals surface area contributed by atoms with Gasteiger partial charge in [-0.3, -0.25) is 0 Å². The average molecular weight is 158 g/mol. The molecule has 0 bridgehead atoms. The maximum atomic E-state index is 3.84. The quantitative estimate of drug-likeness (QED) is 0.600. The number of nitrogens with one attached hydrogen (secondary N) is 1. The van der Waals surface area contributed by atoms with Gasteiger partial charge in [0.05, 0.1) is 6.33 Å². The van der Waals surface area contributed by atoms with Gasteiger partial charge in [0.15, 0.2) is 0 Å². The van der Waals surface area contributed by atoms with E-state index < -0.39 is 0 Å². The number of thiol groups is 1. The van der Waals surface area contributed by atoms with Crippen LogP contribution in [0.2, 0.25) is 0 Å². The lowest BCUT2D eigenvalue weighted by Crippen LogP contribution is -1.73. The molecule has 0 aliphatic carbocycles. The molecule has 0 atom stereocenters. The number of hydrogen-bond donors (Lipinski definition) is 2. The normalized spacial score (nSPS) is 8.30. The van der Waals surface area contributed by atoms with Crippen molar-refractivity contribution >= 4 is 12.6 Å². The SMILES string of the molecule is CCS.CCc1cnc[nH]1. The lowest BCUT2D eigenvalue weighted by atomic mass is 10.4. The van der Waals surface area contributed by atoms with E-state index in [0.29, 0.717) is 0 Å². The van der Waals surface area contributed by atoms with E-state index in [-0.39, 0.29) is 0 Å². The Morgan fingerprint density at radius 1 is 1.60 bits per heavy atom. The Kier molecular flexibility index (Phi) is 6.38. The maximum Gasteiger partial charge on any atom is 0.0921 e. The topological polar surface area (TPSA) is 28.7 Å². The average Bonchev–Trinajstić information content (AvgIpc) is 2.39. The summed E-state index contributed by atoms with van der Waals surface area (Å²) in [6.45, 7) is 4.08. The number of aromatic amines is 1. The summed E-state index contributed by atoms with van der Waals surface area (Å²) in [6.07, 6.45) is 4.57. The highest BCUT2D eigenvalue weighted by molar-refractivity contribution is 7.80. The third kappa shape index (κ3) is 4.44. The van der Waals surface area contributed by atoms with E-state index in [4.69, 9.17) is 0 Å². The second-order valence-electron chi connectivity index (χ2n) is 1.75. The molecule has 1 rings (SSSR count). The maximum absolute atomic E-state index is 3.84. The first-order valence-electron chi connectivity index (χ1n) is 3.43. The van der Waals surface area contributed by atoms with Crippen LogP contribution < -0.4 is 0 Å². The molecule has 0 radical (unpaired) electrons. The molecule has 0 aliphatic rings. The number of hydrogen-bond acceptors (Lipinski definition) is 2. The zero-order valence-electron chi connectivity index (χ0n) is 6.46. The first-order chi connectivity index (χ1) is 4.85. The molecule has 2 nitrogen and oxygen atoms in total. The fourth-order valence-corrected chi connectivity index (χ4v) is 0.478. The highest BCUT2D eigenvalue weighted by atomic mass is 32.1. The Morgan fingerprint density at radius 2 is 2.20 bits per heavy atom. The summed E-state index contributed by atoms with van der Waals surface area (Å²) in [5, 5.41) is 0. The van der Waals surface area contributed by atoms with E-state index in [2.05, 4.69) is 29.5 Å². The largest absolute Gasteiger partial charge is 0.349 e. The van der Waals surface area contributed by atoms with Gasteiger partial charge in [0.25, 0.3) is 0 Å². The zero-order valence-corrected chi connectivity index (χ0v) is 7.36. The van der Waals surface area contributed by atoms with Crippen molar-refractivity contribution in [2.24, 2.45) is 0 Å². The minimum absolute atomic E-state index is 0.944. The first-order valence-corrected chi connectivity index (χ1v) is 4.06. The van der Waals surface area contributed by atoms with Gasteiger partial charge >= 0.3 is 0 Å². The molecule has 1 aromatic rings. The van der Waals surface area contributed by atoms with Crippen LogP contribution in [0, 0.1) is 0 Å². The van der Waals surface area contributed by atoms with Gasteiger partial charge in [-0.25, -0.2) is 4.98 Å². The van der Waals surface area contributed by atoms with Crippen molar-refractivity contribution < 1.29 is 0 Å². The third-order valence-electron chi connectivity index (χ3n) is 0.936. The summed E-state index contributed by atoms with van der Waals surface area (Å²) < 4.78 is 0. The minimum atomic E-state index is 0.944. The number of aromatic nitrogens is 2. The molecule has 58 valence electrons. The third-order valence-corrected chi connectivity index (χ3v) is 0.936. The van der Waals surface area contributed by atoms with Crippen LogP contribution in [0.5, 0.6) is 0 Å². The van der Waals surface area contributed by atoms with Crippen LogP contribution >= 0.6 is 12.6 Å². The summed E-state index contributed by atoms with van der Waals surface area (Å²) in [5.74, 6) is 0.944. The predicted octanol–water partition coefficient (Wildman–Crippen LogP) is 1.91. The molecule has 1 N–H and O–H groups in total. The number of rotatable bonds is 1. The Balaban J connectivity index is 0.000000236. The Labute approximate surface area is 67.5 Å². The molecule has 0 spiro atoms.